The van der Waals surface area contributed by atoms with E-state index < -0.39 is 0 Å². The summed E-state index contributed by atoms with van der Waals surface area (Å²) in [4.78, 5) is 40.3. The number of rotatable bonds is 11. The Hall–Kier alpha value is -1.86. The SMILES string of the molecule is O=C=NCCCCCCC(CN=C=O)CN=C=O. The van der Waals surface area contributed by atoms with E-state index in [9.17, 15) is 14.4 Å². The molecule has 0 rings (SSSR count). The van der Waals surface area contributed by atoms with Crippen LogP contribution in [0.3, 0.4) is 0 Å². The Bertz CT molecular complexity index is 332. The van der Waals surface area contributed by atoms with E-state index in [1.54, 1.807) is 0 Å². The summed E-state index contributed by atoms with van der Waals surface area (Å²) in [7, 11) is 0. The van der Waals surface area contributed by atoms with E-state index in [-0.39, 0.29) is 5.92 Å². The maximum atomic E-state index is 10.0. The summed E-state index contributed by atoms with van der Waals surface area (Å²) in [5.41, 5.74) is 0. The molecule has 0 bridgehead atoms. The molecule has 0 unspecified atom stereocenters. The average molecular weight is 251 g/mol. The van der Waals surface area contributed by atoms with Gasteiger partial charge in [-0.05, 0) is 18.8 Å². The van der Waals surface area contributed by atoms with Crippen LogP contribution in [0, 0.1) is 5.92 Å². The van der Waals surface area contributed by atoms with Crippen molar-refractivity contribution in [3.8, 4) is 0 Å². The predicted molar refractivity (Wildman–Crippen MR) is 65.5 cm³/mol. The second-order valence-corrected chi connectivity index (χ2v) is 3.91. The third-order valence-electron chi connectivity index (χ3n) is 2.52. The lowest BCUT2D eigenvalue weighted by atomic mass is 10.0. The van der Waals surface area contributed by atoms with Crippen molar-refractivity contribution in [3.63, 3.8) is 0 Å². The molecule has 0 heterocycles. The van der Waals surface area contributed by atoms with Crippen LogP contribution in [0.2, 0.25) is 0 Å². The number of aliphatic imine (C=N–C) groups is 3. The van der Waals surface area contributed by atoms with Gasteiger partial charge in [-0.2, -0.15) is 0 Å². The van der Waals surface area contributed by atoms with Gasteiger partial charge in [0.05, 0.1) is 19.6 Å². The molecule has 0 amide bonds. The third kappa shape index (κ3) is 10.7. The largest absolute Gasteiger partial charge is 0.234 e. The Kier molecular flexibility index (Phi) is 11.8. The molecular weight excluding hydrogens is 234 g/mol. The zero-order valence-corrected chi connectivity index (χ0v) is 10.3. The molecule has 0 radical (unpaired) electrons. The van der Waals surface area contributed by atoms with Crippen molar-refractivity contribution < 1.29 is 14.4 Å². The number of nitrogens with zero attached hydrogens (tertiary/aromatic N) is 3. The summed E-state index contributed by atoms with van der Waals surface area (Å²) >= 11 is 0. The van der Waals surface area contributed by atoms with Crippen LogP contribution < -0.4 is 0 Å². The van der Waals surface area contributed by atoms with E-state index >= 15 is 0 Å². The van der Waals surface area contributed by atoms with Crippen LogP contribution in [-0.4, -0.2) is 37.9 Å². The first-order valence-corrected chi connectivity index (χ1v) is 5.96. The van der Waals surface area contributed by atoms with E-state index in [1.165, 1.54) is 18.2 Å². The zero-order valence-electron chi connectivity index (χ0n) is 10.3. The van der Waals surface area contributed by atoms with Crippen molar-refractivity contribution in [2.45, 2.75) is 32.1 Å². The predicted octanol–water partition coefficient (Wildman–Crippen LogP) is 1.56. The molecule has 0 aliphatic rings. The van der Waals surface area contributed by atoms with Crippen LogP contribution in [0.5, 0.6) is 0 Å². The lowest BCUT2D eigenvalue weighted by Crippen LogP contribution is -2.08. The highest BCUT2D eigenvalue weighted by Crippen LogP contribution is 2.12. The minimum absolute atomic E-state index is 0.0981. The summed E-state index contributed by atoms with van der Waals surface area (Å²) in [6, 6.07) is 0. The molecule has 18 heavy (non-hydrogen) atoms. The first-order chi connectivity index (χ1) is 8.85. The smallest absolute Gasteiger partial charge is 0.211 e. The van der Waals surface area contributed by atoms with Crippen molar-refractivity contribution in [2.75, 3.05) is 19.6 Å². The Morgan fingerprint density at radius 1 is 0.722 bits per heavy atom. The fourth-order valence-corrected chi connectivity index (χ4v) is 1.60. The monoisotopic (exact) mass is 251 g/mol. The van der Waals surface area contributed by atoms with Gasteiger partial charge in [-0.15, -0.1) is 0 Å². The summed E-state index contributed by atoms with van der Waals surface area (Å²) in [5, 5.41) is 0. The molecule has 0 spiro atoms. The van der Waals surface area contributed by atoms with E-state index in [0.29, 0.717) is 19.6 Å². The van der Waals surface area contributed by atoms with E-state index in [4.69, 9.17) is 0 Å². The van der Waals surface area contributed by atoms with Gasteiger partial charge in [0, 0.05) is 0 Å². The topological polar surface area (TPSA) is 88.3 Å². The molecule has 98 valence electrons. The lowest BCUT2D eigenvalue weighted by molar-refractivity contribution is 0.466. The average Bonchev–Trinajstić information content (AvgIpc) is 2.40. The van der Waals surface area contributed by atoms with Gasteiger partial charge in [-0.3, -0.25) is 0 Å². The first-order valence-electron chi connectivity index (χ1n) is 5.96. The van der Waals surface area contributed by atoms with Crippen molar-refractivity contribution >= 4 is 18.2 Å². The standard InChI is InChI=1S/C12H17N3O3/c16-9-13-6-4-2-1-3-5-12(7-14-10-17)8-15-11-18/h12H,1-8H2. The van der Waals surface area contributed by atoms with Crippen LogP contribution in [0.15, 0.2) is 15.0 Å². The molecule has 0 aliphatic heterocycles. The highest BCUT2D eigenvalue weighted by Gasteiger charge is 2.07. The fraction of sp³-hybridized carbons (Fsp3) is 0.750. The van der Waals surface area contributed by atoms with Gasteiger partial charge in [0.1, 0.15) is 0 Å². The minimum Gasteiger partial charge on any atom is -0.211 e. The third-order valence-corrected chi connectivity index (χ3v) is 2.52. The van der Waals surface area contributed by atoms with Crippen LogP contribution >= 0.6 is 0 Å². The highest BCUT2D eigenvalue weighted by atomic mass is 16.1. The molecule has 0 aliphatic carbocycles. The van der Waals surface area contributed by atoms with Gasteiger partial charge >= 0.3 is 0 Å². The lowest BCUT2D eigenvalue weighted by Gasteiger charge is -2.09. The van der Waals surface area contributed by atoms with Crippen molar-refractivity contribution in [2.24, 2.45) is 20.9 Å². The van der Waals surface area contributed by atoms with E-state index in [0.717, 1.165) is 32.1 Å². The molecule has 0 N–H and O–H groups in total. The number of isocyanates is 3. The van der Waals surface area contributed by atoms with Crippen molar-refractivity contribution in [1.82, 2.24) is 0 Å². The molecule has 0 atom stereocenters. The molecule has 0 saturated carbocycles. The van der Waals surface area contributed by atoms with E-state index in [1.807, 2.05) is 0 Å². The van der Waals surface area contributed by atoms with Crippen LogP contribution in [0.25, 0.3) is 0 Å². The number of hydrogen-bond acceptors (Lipinski definition) is 6. The van der Waals surface area contributed by atoms with Gasteiger partial charge < -0.3 is 0 Å². The molecule has 6 nitrogen and oxygen atoms in total. The van der Waals surface area contributed by atoms with Crippen LogP contribution in [0.4, 0.5) is 0 Å². The van der Waals surface area contributed by atoms with Gasteiger partial charge in [-0.25, -0.2) is 29.4 Å². The zero-order chi connectivity index (χ0) is 13.5. The highest BCUT2D eigenvalue weighted by molar-refractivity contribution is 5.33. The van der Waals surface area contributed by atoms with E-state index in [2.05, 4.69) is 15.0 Å². The molecular formula is C12H17N3O3. The number of unbranched alkanes of at least 4 members (excludes halogenated alkanes) is 3. The molecule has 0 fully saturated rings. The van der Waals surface area contributed by atoms with Gasteiger partial charge in [-0.1, -0.05) is 19.3 Å². The summed E-state index contributed by atoms with van der Waals surface area (Å²) in [5.74, 6) is 0.0981. The Labute approximate surface area is 106 Å². The fourth-order valence-electron chi connectivity index (χ4n) is 1.60. The quantitative estimate of drug-likeness (QED) is 0.317. The van der Waals surface area contributed by atoms with Gasteiger partial charge in [0.25, 0.3) is 0 Å². The van der Waals surface area contributed by atoms with Crippen molar-refractivity contribution in [1.29, 1.82) is 0 Å². The van der Waals surface area contributed by atoms with Gasteiger partial charge in [0.15, 0.2) is 0 Å². The summed E-state index contributed by atoms with van der Waals surface area (Å²) in [6.45, 7) is 1.23. The second kappa shape index (κ2) is 13.2. The first kappa shape index (κ1) is 16.1. The second-order valence-electron chi connectivity index (χ2n) is 3.91. The normalized spacial score (nSPS) is 10.7. The maximum absolute atomic E-state index is 10.0. The molecule has 0 aromatic heterocycles. The molecule has 6 heteroatoms. The van der Waals surface area contributed by atoms with Gasteiger partial charge in [0.2, 0.25) is 18.2 Å². The Morgan fingerprint density at radius 3 is 1.83 bits per heavy atom. The maximum Gasteiger partial charge on any atom is 0.234 e. The molecule has 0 aromatic rings. The van der Waals surface area contributed by atoms with Crippen LogP contribution in [-0.2, 0) is 14.4 Å². The number of hydrogen-bond donors (Lipinski definition) is 0. The minimum atomic E-state index is 0.0981. The number of carbonyl (C=O) groups excluding carboxylic acids is 3. The molecule has 0 saturated heterocycles. The summed E-state index contributed by atoms with van der Waals surface area (Å²) < 4.78 is 0. The Morgan fingerprint density at radius 2 is 1.28 bits per heavy atom. The van der Waals surface area contributed by atoms with Crippen LogP contribution in [0.1, 0.15) is 32.1 Å². The van der Waals surface area contributed by atoms with Crippen molar-refractivity contribution in [3.05, 3.63) is 0 Å². The Balaban J connectivity index is 3.70. The summed E-state index contributed by atoms with van der Waals surface area (Å²) in [6.07, 6.45) is 9.18. The molecule has 0 aromatic carbocycles.